The van der Waals surface area contributed by atoms with Crippen LogP contribution in [0.2, 0.25) is 0 Å². The summed E-state index contributed by atoms with van der Waals surface area (Å²) in [4.78, 5) is 4.69. The van der Waals surface area contributed by atoms with Gasteiger partial charge in [-0.2, -0.15) is 0 Å². The number of anilines is 1. The fourth-order valence-electron chi connectivity index (χ4n) is 3.12. The summed E-state index contributed by atoms with van der Waals surface area (Å²) >= 11 is 0. The van der Waals surface area contributed by atoms with E-state index in [1.807, 2.05) is 25.1 Å². The van der Waals surface area contributed by atoms with Crippen LogP contribution < -0.4 is 11.2 Å². The van der Waals surface area contributed by atoms with Gasteiger partial charge >= 0.3 is 0 Å². The van der Waals surface area contributed by atoms with Crippen LogP contribution in [-0.2, 0) is 0 Å². The Balaban J connectivity index is 2.42. The van der Waals surface area contributed by atoms with Crippen molar-refractivity contribution < 1.29 is 0 Å². The van der Waals surface area contributed by atoms with Crippen LogP contribution in [0.5, 0.6) is 0 Å². The molecule has 104 valence electrons. The Morgan fingerprint density at radius 2 is 1.62 bits per heavy atom. The summed E-state index contributed by atoms with van der Waals surface area (Å²) in [6.07, 6.45) is 2.10. The highest BCUT2D eigenvalue weighted by atomic mass is 15.0. The van der Waals surface area contributed by atoms with Gasteiger partial charge in [0, 0.05) is 23.0 Å². The van der Waals surface area contributed by atoms with Gasteiger partial charge in [0.15, 0.2) is 0 Å². The van der Waals surface area contributed by atoms with E-state index in [0.29, 0.717) is 0 Å². The summed E-state index contributed by atoms with van der Waals surface area (Å²) in [6.45, 7) is 8.16. The standard InChI is InChI=1S/C17H18BN3/c1-9-5-13(18)6-10(2)16(9)21-8-11(3)15-14(19)7-12(4)20-17(15)21/h5-8H,1-4H3,(H2,19,20). The quantitative estimate of drug-likeness (QED) is 0.694. The molecule has 0 saturated heterocycles. The molecule has 0 spiro atoms. The molecule has 0 aliphatic carbocycles. The van der Waals surface area contributed by atoms with E-state index in [4.69, 9.17) is 18.6 Å². The van der Waals surface area contributed by atoms with Gasteiger partial charge in [-0.1, -0.05) is 17.6 Å². The number of aryl methyl sites for hydroxylation is 4. The lowest BCUT2D eigenvalue weighted by Gasteiger charge is -2.14. The van der Waals surface area contributed by atoms with Gasteiger partial charge in [-0.05, 0) is 50.5 Å². The highest BCUT2D eigenvalue weighted by Crippen LogP contribution is 2.30. The Kier molecular flexibility index (Phi) is 3.05. The van der Waals surface area contributed by atoms with Crippen molar-refractivity contribution in [1.82, 2.24) is 9.55 Å². The first-order chi connectivity index (χ1) is 9.88. The van der Waals surface area contributed by atoms with Crippen LogP contribution in [0.3, 0.4) is 0 Å². The van der Waals surface area contributed by atoms with E-state index >= 15 is 0 Å². The SMILES string of the molecule is [B]c1cc(C)c(-n2cc(C)c3c(N)cc(C)nc32)c(C)c1. The minimum atomic E-state index is 0.777. The van der Waals surface area contributed by atoms with Crippen molar-refractivity contribution in [3.8, 4) is 5.69 Å². The van der Waals surface area contributed by atoms with E-state index in [1.54, 1.807) is 0 Å². The number of nitrogen functional groups attached to an aromatic ring is 1. The molecule has 4 heteroatoms. The molecule has 2 radical (unpaired) electrons. The third-order valence-corrected chi connectivity index (χ3v) is 3.86. The van der Waals surface area contributed by atoms with Crippen molar-refractivity contribution in [2.24, 2.45) is 0 Å². The fraction of sp³-hybridized carbons (Fsp3) is 0.235. The molecule has 21 heavy (non-hydrogen) atoms. The van der Waals surface area contributed by atoms with Crippen molar-refractivity contribution in [3.63, 3.8) is 0 Å². The third kappa shape index (κ3) is 2.11. The Labute approximate surface area is 126 Å². The Morgan fingerprint density at radius 3 is 2.24 bits per heavy atom. The molecule has 2 heterocycles. The average Bonchev–Trinajstić information content (AvgIpc) is 2.65. The van der Waals surface area contributed by atoms with Gasteiger partial charge in [-0.3, -0.25) is 0 Å². The highest BCUT2D eigenvalue weighted by Gasteiger charge is 2.15. The predicted octanol–water partition coefficient (Wildman–Crippen LogP) is 2.64. The number of pyridine rings is 1. The van der Waals surface area contributed by atoms with Gasteiger partial charge in [-0.15, -0.1) is 0 Å². The van der Waals surface area contributed by atoms with Crippen LogP contribution in [-0.4, -0.2) is 17.4 Å². The molecule has 0 unspecified atom stereocenters. The molecule has 3 aromatic rings. The van der Waals surface area contributed by atoms with Crippen molar-refractivity contribution >= 4 is 30.0 Å². The first-order valence-corrected chi connectivity index (χ1v) is 7.00. The molecular weight excluding hydrogens is 257 g/mol. The molecular formula is C17H18BN3. The molecule has 0 bridgehead atoms. The van der Waals surface area contributed by atoms with Crippen molar-refractivity contribution in [3.05, 3.63) is 46.8 Å². The Hall–Kier alpha value is -2.23. The molecule has 0 atom stereocenters. The number of fused-ring (bicyclic) bond motifs is 1. The van der Waals surface area contributed by atoms with E-state index in [1.165, 1.54) is 0 Å². The van der Waals surface area contributed by atoms with E-state index in [2.05, 4.69) is 31.5 Å². The maximum absolute atomic E-state index is 6.18. The number of hydrogen-bond donors (Lipinski definition) is 1. The zero-order chi connectivity index (χ0) is 15.3. The Bertz CT molecular complexity index is 839. The summed E-state index contributed by atoms with van der Waals surface area (Å²) < 4.78 is 2.12. The maximum Gasteiger partial charge on any atom is 0.147 e. The Morgan fingerprint density at radius 1 is 1.00 bits per heavy atom. The van der Waals surface area contributed by atoms with Gasteiger partial charge in [0.25, 0.3) is 0 Å². The van der Waals surface area contributed by atoms with Crippen molar-refractivity contribution in [2.75, 3.05) is 5.73 Å². The van der Waals surface area contributed by atoms with Crippen LogP contribution >= 0.6 is 0 Å². The molecule has 0 amide bonds. The first-order valence-electron chi connectivity index (χ1n) is 7.00. The molecule has 0 fully saturated rings. The fourth-order valence-corrected chi connectivity index (χ4v) is 3.12. The lowest BCUT2D eigenvalue weighted by atomic mass is 9.91. The van der Waals surface area contributed by atoms with Gasteiger partial charge in [0.2, 0.25) is 0 Å². The van der Waals surface area contributed by atoms with E-state index < -0.39 is 0 Å². The molecule has 1 aromatic carbocycles. The maximum atomic E-state index is 6.18. The lowest BCUT2D eigenvalue weighted by molar-refractivity contribution is 1.04. The van der Waals surface area contributed by atoms with Crippen LogP contribution in [0.15, 0.2) is 24.4 Å². The largest absolute Gasteiger partial charge is 0.398 e. The lowest BCUT2D eigenvalue weighted by Crippen LogP contribution is -2.09. The smallest absolute Gasteiger partial charge is 0.147 e. The monoisotopic (exact) mass is 275 g/mol. The minimum Gasteiger partial charge on any atom is -0.398 e. The summed E-state index contributed by atoms with van der Waals surface area (Å²) in [6, 6.07) is 5.90. The average molecular weight is 275 g/mol. The number of nitrogens with two attached hydrogens (primary N) is 1. The molecule has 3 nitrogen and oxygen atoms in total. The van der Waals surface area contributed by atoms with E-state index in [-0.39, 0.29) is 0 Å². The topological polar surface area (TPSA) is 43.8 Å². The molecule has 0 aliphatic rings. The minimum absolute atomic E-state index is 0.777. The first kappa shape index (κ1) is 13.7. The molecule has 0 aliphatic heterocycles. The normalized spacial score (nSPS) is 11.2. The summed E-state index contributed by atoms with van der Waals surface area (Å²) in [5.74, 6) is 0. The summed E-state index contributed by atoms with van der Waals surface area (Å²) in [7, 11) is 5.93. The summed E-state index contributed by atoms with van der Waals surface area (Å²) in [5.41, 5.74) is 14.1. The van der Waals surface area contributed by atoms with Crippen LogP contribution in [0.25, 0.3) is 16.7 Å². The van der Waals surface area contributed by atoms with Crippen LogP contribution in [0.4, 0.5) is 5.69 Å². The van der Waals surface area contributed by atoms with Crippen LogP contribution in [0, 0.1) is 27.7 Å². The zero-order valence-corrected chi connectivity index (χ0v) is 12.9. The highest BCUT2D eigenvalue weighted by molar-refractivity contribution is 6.32. The second kappa shape index (κ2) is 4.66. The van der Waals surface area contributed by atoms with Crippen molar-refractivity contribution in [1.29, 1.82) is 0 Å². The number of rotatable bonds is 1. The zero-order valence-electron chi connectivity index (χ0n) is 12.9. The number of aromatic nitrogens is 2. The predicted molar refractivity (Wildman–Crippen MR) is 89.8 cm³/mol. The van der Waals surface area contributed by atoms with E-state index in [9.17, 15) is 0 Å². The number of benzene rings is 1. The van der Waals surface area contributed by atoms with Crippen LogP contribution in [0.1, 0.15) is 22.4 Å². The number of hydrogen-bond acceptors (Lipinski definition) is 2. The second-order valence-electron chi connectivity index (χ2n) is 5.74. The van der Waals surface area contributed by atoms with E-state index in [0.717, 1.165) is 50.3 Å². The van der Waals surface area contributed by atoms with Crippen molar-refractivity contribution in [2.45, 2.75) is 27.7 Å². The number of nitrogens with zero attached hydrogens (tertiary/aromatic N) is 2. The molecule has 2 aromatic heterocycles. The van der Waals surface area contributed by atoms with Gasteiger partial charge in [-0.25, -0.2) is 4.98 Å². The molecule has 3 rings (SSSR count). The van der Waals surface area contributed by atoms with Gasteiger partial charge in [0.05, 0.1) is 5.69 Å². The second-order valence-corrected chi connectivity index (χ2v) is 5.74. The van der Waals surface area contributed by atoms with Gasteiger partial charge < -0.3 is 10.3 Å². The van der Waals surface area contributed by atoms with Gasteiger partial charge in [0.1, 0.15) is 13.5 Å². The molecule has 0 saturated carbocycles. The third-order valence-electron chi connectivity index (χ3n) is 3.86. The molecule has 2 N–H and O–H groups in total. The summed E-state index contributed by atoms with van der Waals surface area (Å²) in [5, 5.41) is 1.02.